The summed E-state index contributed by atoms with van der Waals surface area (Å²) < 4.78 is 34.8. The van der Waals surface area contributed by atoms with Gasteiger partial charge in [0.25, 0.3) is 10.1 Å². The van der Waals surface area contributed by atoms with Crippen molar-refractivity contribution in [1.29, 1.82) is 0 Å². The van der Waals surface area contributed by atoms with Gasteiger partial charge in [0, 0.05) is 23.7 Å². The first-order valence-corrected chi connectivity index (χ1v) is 5.62. The van der Waals surface area contributed by atoms with Gasteiger partial charge in [-0.3, -0.25) is 4.55 Å². The van der Waals surface area contributed by atoms with Crippen LogP contribution in [0.4, 0.5) is 0 Å². The van der Waals surface area contributed by atoms with Crippen molar-refractivity contribution in [2.45, 2.75) is 11.8 Å². The molecule has 0 heterocycles. The van der Waals surface area contributed by atoms with Crippen LogP contribution in [0.1, 0.15) is 6.92 Å². The minimum absolute atomic E-state index is 0. The molecule has 5 nitrogen and oxygen atoms in total. The summed E-state index contributed by atoms with van der Waals surface area (Å²) >= 11 is 0. The van der Waals surface area contributed by atoms with Crippen molar-refractivity contribution >= 4 is 10.1 Å². The monoisotopic (exact) mass is 290 g/mol. The molecule has 1 aromatic rings. The van der Waals surface area contributed by atoms with Crippen molar-refractivity contribution in [3.63, 3.8) is 0 Å². The Hall–Kier alpha value is -0.591. The van der Waals surface area contributed by atoms with E-state index in [0.717, 1.165) is 0 Å². The van der Waals surface area contributed by atoms with Crippen LogP contribution in [0.3, 0.4) is 0 Å². The van der Waals surface area contributed by atoms with Gasteiger partial charge in [-0.25, -0.2) is 0 Å². The summed E-state index contributed by atoms with van der Waals surface area (Å²) in [5, 5.41) is 7.57. The molecule has 0 fully saturated rings. The van der Waals surface area contributed by atoms with Crippen LogP contribution in [0.15, 0.2) is 29.2 Å². The molecular formula is C9H14FeO5S. The normalized spacial score (nSPS) is 9.50. The molecule has 0 aliphatic rings. The van der Waals surface area contributed by atoms with Crippen molar-refractivity contribution in [2.75, 3.05) is 13.7 Å². The van der Waals surface area contributed by atoms with Crippen LogP contribution in [-0.4, -0.2) is 31.8 Å². The van der Waals surface area contributed by atoms with E-state index >= 15 is 0 Å². The topological polar surface area (TPSA) is 83.8 Å². The maximum atomic E-state index is 10.7. The fraction of sp³-hybridized carbons (Fsp3) is 0.333. The summed E-state index contributed by atoms with van der Waals surface area (Å²) in [5.41, 5.74) is 0. The summed E-state index contributed by atoms with van der Waals surface area (Å²) in [5.74, 6) is 0.139. The second-order valence-electron chi connectivity index (χ2n) is 2.44. The van der Waals surface area contributed by atoms with Gasteiger partial charge in [0.1, 0.15) is 10.6 Å². The molecule has 0 aliphatic carbocycles. The molecule has 0 radical (unpaired) electrons. The molecule has 0 saturated heterocycles. The van der Waals surface area contributed by atoms with Crippen molar-refractivity contribution in [3.05, 3.63) is 24.3 Å². The quantitative estimate of drug-likeness (QED) is 0.625. The average molecular weight is 290 g/mol. The molecule has 0 amide bonds. The second kappa shape index (κ2) is 8.55. The first-order valence-electron chi connectivity index (χ1n) is 4.18. The molecule has 1 rings (SSSR count). The Bertz CT molecular complexity index is 391. The Morgan fingerprint density at radius 3 is 2.06 bits per heavy atom. The SMILES string of the molecule is CCO.COc1ccccc1S(=O)(=O)O.[Fe]. The molecule has 1 aromatic carbocycles. The van der Waals surface area contributed by atoms with Gasteiger partial charge in [-0.15, -0.1) is 0 Å². The van der Waals surface area contributed by atoms with Crippen LogP contribution < -0.4 is 4.74 Å². The van der Waals surface area contributed by atoms with E-state index in [1.807, 2.05) is 0 Å². The third kappa shape index (κ3) is 6.09. The van der Waals surface area contributed by atoms with Crippen molar-refractivity contribution in [2.24, 2.45) is 0 Å². The molecule has 16 heavy (non-hydrogen) atoms. The van der Waals surface area contributed by atoms with E-state index in [4.69, 9.17) is 14.4 Å². The van der Waals surface area contributed by atoms with E-state index in [1.165, 1.54) is 25.3 Å². The van der Waals surface area contributed by atoms with Crippen molar-refractivity contribution in [1.82, 2.24) is 0 Å². The third-order valence-corrected chi connectivity index (χ3v) is 2.24. The van der Waals surface area contributed by atoms with Gasteiger partial charge in [0.2, 0.25) is 0 Å². The van der Waals surface area contributed by atoms with Gasteiger partial charge in [-0.2, -0.15) is 8.42 Å². The van der Waals surface area contributed by atoms with Crippen LogP contribution >= 0.6 is 0 Å². The van der Waals surface area contributed by atoms with Crippen LogP contribution in [0.2, 0.25) is 0 Å². The molecule has 2 N–H and O–H groups in total. The number of para-hydroxylation sites is 1. The molecule has 0 spiro atoms. The largest absolute Gasteiger partial charge is 0.495 e. The van der Waals surface area contributed by atoms with Crippen molar-refractivity contribution < 1.29 is 39.9 Å². The Morgan fingerprint density at radius 2 is 1.75 bits per heavy atom. The predicted molar refractivity (Wildman–Crippen MR) is 55.6 cm³/mol. The van der Waals surface area contributed by atoms with E-state index in [-0.39, 0.29) is 34.3 Å². The number of benzene rings is 1. The zero-order valence-electron chi connectivity index (χ0n) is 8.90. The molecule has 0 saturated carbocycles. The predicted octanol–water partition coefficient (Wildman–Crippen LogP) is 0.938. The number of hydrogen-bond donors (Lipinski definition) is 2. The zero-order chi connectivity index (χ0) is 11.9. The number of ether oxygens (including phenoxy) is 1. The fourth-order valence-corrected chi connectivity index (χ4v) is 1.49. The number of hydrogen-bond acceptors (Lipinski definition) is 4. The number of aliphatic hydroxyl groups is 1. The minimum Gasteiger partial charge on any atom is -0.495 e. The first kappa shape index (κ1) is 17.8. The standard InChI is InChI=1S/C7H8O4S.C2H6O.Fe/c1-11-6-4-2-3-5-7(6)12(8,9)10;1-2-3;/h2-5H,1H3,(H,8,9,10);3H,2H2,1H3;. The Labute approximate surface area is 106 Å². The van der Waals surface area contributed by atoms with Crippen molar-refractivity contribution in [3.8, 4) is 5.75 Å². The summed E-state index contributed by atoms with van der Waals surface area (Å²) in [4.78, 5) is -0.215. The minimum atomic E-state index is -4.17. The van der Waals surface area contributed by atoms with E-state index in [1.54, 1.807) is 13.0 Å². The smallest absolute Gasteiger partial charge is 0.298 e. The van der Waals surface area contributed by atoms with Gasteiger partial charge in [0.15, 0.2) is 0 Å². The average Bonchev–Trinajstić information content (AvgIpc) is 2.18. The second-order valence-corrected chi connectivity index (χ2v) is 3.83. The summed E-state index contributed by atoms with van der Waals surface area (Å²) in [6.07, 6.45) is 0. The Morgan fingerprint density at radius 1 is 1.31 bits per heavy atom. The van der Waals surface area contributed by atoms with Gasteiger partial charge in [-0.05, 0) is 19.1 Å². The summed E-state index contributed by atoms with van der Waals surface area (Å²) in [6, 6.07) is 5.86. The van der Waals surface area contributed by atoms with Gasteiger partial charge in [0.05, 0.1) is 7.11 Å². The molecule has 0 aromatic heterocycles. The maximum Gasteiger partial charge on any atom is 0.298 e. The molecule has 0 atom stereocenters. The number of aliphatic hydroxyl groups excluding tert-OH is 1. The Balaban J connectivity index is 0. The number of rotatable bonds is 2. The molecule has 0 aliphatic heterocycles. The van der Waals surface area contributed by atoms with Gasteiger partial charge < -0.3 is 9.84 Å². The molecular weight excluding hydrogens is 276 g/mol. The maximum absolute atomic E-state index is 10.7. The third-order valence-electron chi connectivity index (χ3n) is 1.35. The fourth-order valence-electron chi connectivity index (χ4n) is 0.832. The summed E-state index contributed by atoms with van der Waals surface area (Å²) in [7, 11) is -2.83. The first-order chi connectivity index (χ1) is 6.97. The van der Waals surface area contributed by atoms with E-state index in [2.05, 4.69) is 0 Å². The van der Waals surface area contributed by atoms with E-state index < -0.39 is 10.1 Å². The number of methoxy groups -OCH3 is 1. The van der Waals surface area contributed by atoms with Gasteiger partial charge in [-0.1, -0.05) is 12.1 Å². The Kier molecular flexibility index (Phi) is 9.51. The zero-order valence-corrected chi connectivity index (χ0v) is 10.8. The molecule has 94 valence electrons. The molecule has 0 bridgehead atoms. The molecule has 7 heteroatoms. The van der Waals surface area contributed by atoms with E-state index in [0.29, 0.717) is 0 Å². The molecule has 0 unspecified atom stereocenters. The van der Waals surface area contributed by atoms with Crippen LogP contribution in [0.25, 0.3) is 0 Å². The van der Waals surface area contributed by atoms with Gasteiger partial charge >= 0.3 is 0 Å². The van der Waals surface area contributed by atoms with Crippen LogP contribution in [0.5, 0.6) is 5.75 Å². The van der Waals surface area contributed by atoms with E-state index in [9.17, 15) is 8.42 Å². The van der Waals surface area contributed by atoms with Crippen LogP contribution in [-0.2, 0) is 27.2 Å². The van der Waals surface area contributed by atoms with Crippen LogP contribution in [0, 0.1) is 0 Å². The summed E-state index contributed by atoms with van der Waals surface area (Å²) in [6.45, 7) is 1.93.